The van der Waals surface area contributed by atoms with Crippen molar-refractivity contribution < 1.29 is 9.90 Å². The Kier molecular flexibility index (Phi) is 4.34. The zero-order valence-electron chi connectivity index (χ0n) is 14.4. The van der Waals surface area contributed by atoms with Crippen LogP contribution in [-0.4, -0.2) is 25.8 Å². The summed E-state index contributed by atoms with van der Waals surface area (Å²) in [6.07, 6.45) is 5.75. The quantitative estimate of drug-likeness (QED) is 0.711. The fraction of sp³-hybridized carbons (Fsp3) is 0.150. The summed E-state index contributed by atoms with van der Waals surface area (Å²) >= 11 is 0. The molecule has 0 bridgehead atoms. The number of hydrogen-bond donors (Lipinski definition) is 2. The van der Waals surface area contributed by atoms with Crippen LogP contribution in [0.1, 0.15) is 38.7 Å². The van der Waals surface area contributed by atoms with E-state index >= 15 is 0 Å². The van der Waals surface area contributed by atoms with Crippen molar-refractivity contribution in [2.45, 2.75) is 20.4 Å². The number of aromatic amines is 1. The summed E-state index contributed by atoms with van der Waals surface area (Å²) in [5.41, 5.74) is 5.76. The summed E-state index contributed by atoms with van der Waals surface area (Å²) in [6, 6.07) is 10.9. The van der Waals surface area contributed by atoms with Crippen LogP contribution in [0.4, 0.5) is 0 Å². The molecule has 0 radical (unpaired) electrons. The lowest BCUT2D eigenvalue weighted by molar-refractivity contribution is 0.0690. The minimum atomic E-state index is -1.05. The fourth-order valence-electron chi connectivity index (χ4n) is 3.08. The third-order valence-corrected chi connectivity index (χ3v) is 4.41. The molecule has 3 aromatic rings. The van der Waals surface area contributed by atoms with Gasteiger partial charge in [0.05, 0.1) is 29.4 Å². The van der Waals surface area contributed by atoms with Crippen molar-refractivity contribution in [3.8, 4) is 29.5 Å². The van der Waals surface area contributed by atoms with Crippen molar-refractivity contribution in [2.75, 3.05) is 0 Å². The molecule has 0 aliphatic rings. The van der Waals surface area contributed by atoms with Crippen molar-refractivity contribution >= 4 is 5.97 Å². The van der Waals surface area contributed by atoms with Gasteiger partial charge in [0.15, 0.2) is 0 Å². The minimum Gasteiger partial charge on any atom is -0.477 e. The molecular weight excluding hydrogens is 328 g/mol. The Balaban J connectivity index is 2.07. The van der Waals surface area contributed by atoms with Gasteiger partial charge in [-0.3, -0.25) is 5.10 Å². The first-order valence-corrected chi connectivity index (χ1v) is 7.90. The van der Waals surface area contributed by atoms with Crippen LogP contribution in [0, 0.1) is 37.5 Å². The van der Waals surface area contributed by atoms with Crippen molar-refractivity contribution in [2.24, 2.45) is 0 Å². The summed E-state index contributed by atoms with van der Waals surface area (Å²) in [7, 11) is 0. The standard InChI is InChI=1S/C20H16N4O2/c1-4-17-12(2)24(11-16-9-18(20(25)26)23-22-16)13(3)19(17)15-7-5-14(10-21)6-8-15/h1,5-9H,11H2,2-3H3,(H,22,23)(H,25,26). The van der Waals surface area contributed by atoms with Gasteiger partial charge in [0.25, 0.3) is 0 Å². The highest BCUT2D eigenvalue weighted by atomic mass is 16.4. The second kappa shape index (κ2) is 6.62. The Hall–Kier alpha value is -3.77. The number of nitrogens with one attached hydrogen (secondary N) is 1. The largest absolute Gasteiger partial charge is 0.477 e. The molecule has 2 aromatic heterocycles. The summed E-state index contributed by atoms with van der Waals surface area (Å²) < 4.78 is 2.02. The molecule has 0 aliphatic carbocycles. The fourth-order valence-corrected chi connectivity index (χ4v) is 3.08. The van der Waals surface area contributed by atoms with Gasteiger partial charge in [-0.15, -0.1) is 6.42 Å². The van der Waals surface area contributed by atoms with Crippen LogP contribution >= 0.6 is 0 Å². The third-order valence-electron chi connectivity index (χ3n) is 4.41. The molecule has 0 fully saturated rings. The maximum atomic E-state index is 11.0. The minimum absolute atomic E-state index is 0.0481. The zero-order chi connectivity index (χ0) is 18.8. The Morgan fingerprint density at radius 2 is 2.00 bits per heavy atom. The number of aromatic nitrogens is 3. The number of carbonyl (C=O) groups is 1. The van der Waals surface area contributed by atoms with Gasteiger partial charge in [-0.25, -0.2) is 4.79 Å². The topological polar surface area (TPSA) is 94.7 Å². The van der Waals surface area contributed by atoms with E-state index in [9.17, 15) is 4.79 Å². The lowest BCUT2D eigenvalue weighted by atomic mass is 10.00. The molecule has 0 saturated heterocycles. The average Bonchev–Trinajstić information content (AvgIpc) is 3.20. The van der Waals surface area contributed by atoms with Crippen LogP contribution in [-0.2, 0) is 6.54 Å². The first-order chi connectivity index (χ1) is 12.5. The molecule has 128 valence electrons. The summed E-state index contributed by atoms with van der Waals surface area (Å²) in [6.45, 7) is 4.30. The lowest BCUT2D eigenvalue weighted by Gasteiger charge is -2.08. The number of terminal acetylenes is 1. The van der Waals surface area contributed by atoms with E-state index in [2.05, 4.69) is 22.2 Å². The first kappa shape index (κ1) is 17.1. The molecular formula is C20H16N4O2. The molecule has 0 saturated carbocycles. The van der Waals surface area contributed by atoms with Crippen molar-refractivity contribution in [1.82, 2.24) is 14.8 Å². The van der Waals surface area contributed by atoms with Crippen LogP contribution in [0.5, 0.6) is 0 Å². The predicted octanol–water partition coefficient (Wildman–Crippen LogP) is 3.09. The number of hydrogen-bond acceptors (Lipinski definition) is 3. The molecule has 0 spiro atoms. The molecule has 3 rings (SSSR count). The third kappa shape index (κ3) is 2.85. The highest BCUT2D eigenvalue weighted by molar-refractivity contribution is 5.85. The highest BCUT2D eigenvalue weighted by Crippen LogP contribution is 2.32. The Bertz CT molecular complexity index is 1070. The number of rotatable bonds is 4. The van der Waals surface area contributed by atoms with E-state index in [4.69, 9.17) is 16.8 Å². The molecule has 0 atom stereocenters. The molecule has 1 aromatic carbocycles. The van der Waals surface area contributed by atoms with Crippen LogP contribution < -0.4 is 0 Å². The van der Waals surface area contributed by atoms with Gasteiger partial charge < -0.3 is 9.67 Å². The summed E-state index contributed by atoms with van der Waals surface area (Å²) in [5.74, 6) is 1.70. The van der Waals surface area contributed by atoms with Crippen molar-refractivity contribution in [1.29, 1.82) is 5.26 Å². The first-order valence-electron chi connectivity index (χ1n) is 7.90. The average molecular weight is 344 g/mol. The second-order valence-electron chi connectivity index (χ2n) is 5.92. The molecule has 2 heterocycles. The Morgan fingerprint density at radius 1 is 1.31 bits per heavy atom. The molecule has 0 amide bonds. The normalized spacial score (nSPS) is 10.3. The molecule has 26 heavy (non-hydrogen) atoms. The number of carboxylic acid groups (broad SMARTS) is 1. The van der Waals surface area contributed by atoms with E-state index in [0.717, 1.165) is 28.1 Å². The van der Waals surface area contributed by atoms with Gasteiger partial charge in [-0.1, -0.05) is 18.1 Å². The van der Waals surface area contributed by atoms with Gasteiger partial charge in [-0.2, -0.15) is 10.4 Å². The van der Waals surface area contributed by atoms with Crippen LogP contribution in [0.3, 0.4) is 0 Å². The van der Waals surface area contributed by atoms with E-state index in [0.29, 0.717) is 17.8 Å². The molecule has 6 heteroatoms. The SMILES string of the molecule is C#Cc1c(-c2ccc(C#N)cc2)c(C)n(Cc2cc(C(=O)O)[nH]n2)c1C. The summed E-state index contributed by atoms with van der Waals surface area (Å²) in [4.78, 5) is 11.0. The van der Waals surface area contributed by atoms with Gasteiger partial charge >= 0.3 is 5.97 Å². The van der Waals surface area contributed by atoms with Crippen LogP contribution in [0.2, 0.25) is 0 Å². The molecule has 0 aliphatic heterocycles. The van der Waals surface area contributed by atoms with Crippen molar-refractivity contribution in [3.63, 3.8) is 0 Å². The van der Waals surface area contributed by atoms with Gasteiger partial charge in [0, 0.05) is 17.0 Å². The van der Waals surface area contributed by atoms with Gasteiger partial charge in [-0.05, 0) is 37.6 Å². The number of aromatic carboxylic acids is 1. The maximum Gasteiger partial charge on any atom is 0.353 e. The van der Waals surface area contributed by atoms with Gasteiger partial charge in [0.2, 0.25) is 0 Å². The van der Waals surface area contributed by atoms with Crippen molar-refractivity contribution in [3.05, 3.63) is 64.2 Å². The number of nitriles is 1. The Labute approximate surface area is 150 Å². The zero-order valence-corrected chi connectivity index (χ0v) is 14.4. The van der Waals surface area contributed by atoms with E-state index in [1.54, 1.807) is 12.1 Å². The van der Waals surface area contributed by atoms with E-state index in [-0.39, 0.29) is 5.69 Å². The lowest BCUT2D eigenvalue weighted by Crippen LogP contribution is -2.04. The smallest absolute Gasteiger partial charge is 0.353 e. The second-order valence-corrected chi connectivity index (χ2v) is 5.92. The number of carboxylic acids is 1. The van der Waals surface area contributed by atoms with Gasteiger partial charge in [0.1, 0.15) is 5.69 Å². The highest BCUT2D eigenvalue weighted by Gasteiger charge is 2.19. The van der Waals surface area contributed by atoms with Crippen LogP contribution in [0.15, 0.2) is 30.3 Å². The maximum absolute atomic E-state index is 11.0. The number of nitrogens with zero attached hydrogens (tertiary/aromatic N) is 3. The van der Waals surface area contributed by atoms with Crippen LogP contribution in [0.25, 0.3) is 11.1 Å². The number of benzene rings is 1. The number of H-pyrrole nitrogens is 1. The van der Waals surface area contributed by atoms with E-state index in [1.165, 1.54) is 6.07 Å². The summed E-state index contributed by atoms with van der Waals surface area (Å²) in [5, 5.41) is 24.6. The monoisotopic (exact) mass is 344 g/mol. The van der Waals surface area contributed by atoms with E-state index < -0.39 is 5.97 Å². The molecule has 0 unspecified atom stereocenters. The molecule has 6 nitrogen and oxygen atoms in total. The predicted molar refractivity (Wildman–Crippen MR) is 96.6 cm³/mol. The van der Waals surface area contributed by atoms with E-state index in [1.807, 2.05) is 30.5 Å². The Morgan fingerprint density at radius 3 is 2.54 bits per heavy atom. The molecule has 2 N–H and O–H groups in total.